The highest BCUT2D eigenvalue weighted by Crippen LogP contribution is 2.15. The first-order valence-electron chi connectivity index (χ1n) is 9.07. The van der Waals surface area contributed by atoms with E-state index in [1.165, 1.54) is 18.9 Å². The molecule has 0 bridgehead atoms. The topological polar surface area (TPSA) is 75.7 Å². The van der Waals surface area contributed by atoms with Gasteiger partial charge in [0.1, 0.15) is 0 Å². The van der Waals surface area contributed by atoms with Gasteiger partial charge in [0.25, 0.3) is 5.91 Å². The number of anilines is 1. The van der Waals surface area contributed by atoms with Gasteiger partial charge < -0.3 is 15.0 Å². The normalized spacial score (nSPS) is 11.5. The molecular weight excluding hydrogens is 356 g/mol. The summed E-state index contributed by atoms with van der Waals surface area (Å²) in [6, 6.07) is 12.7. The van der Waals surface area contributed by atoms with Crippen molar-refractivity contribution in [2.45, 2.75) is 33.8 Å². The number of nitrogens with one attached hydrogen (secondary N) is 1. The molecule has 2 rings (SSSR count). The highest BCUT2D eigenvalue weighted by molar-refractivity contribution is 5.96. The molecule has 148 valence electrons. The molecule has 0 unspecified atom stereocenters. The molecule has 0 aromatic heterocycles. The molecule has 2 aromatic rings. The Labute approximate surface area is 165 Å². The summed E-state index contributed by atoms with van der Waals surface area (Å²) in [5.41, 5.74) is 3.96. The van der Waals surface area contributed by atoms with Gasteiger partial charge in [-0.1, -0.05) is 29.8 Å². The molecule has 0 saturated carbocycles. The van der Waals surface area contributed by atoms with Gasteiger partial charge in [-0.15, -0.1) is 0 Å². The van der Waals surface area contributed by atoms with Gasteiger partial charge >= 0.3 is 5.97 Å². The third-order valence-electron chi connectivity index (χ3n) is 4.55. The zero-order chi connectivity index (χ0) is 20.8. The fourth-order valence-corrected chi connectivity index (χ4v) is 2.69. The molecule has 1 N–H and O–H groups in total. The predicted octanol–water partition coefficient (Wildman–Crippen LogP) is 3.25. The van der Waals surface area contributed by atoms with Crippen LogP contribution in [0.1, 0.15) is 34.0 Å². The van der Waals surface area contributed by atoms with Crippen molar-refractivity contribution in [1.82, 2.24) is 4.90 Å². The van der Waals surface area contributed by atoms with Gasteiger partial charge in [-0.3, -0.25) is 9.59 Å². The van der Waals surface area contributed by atoms with Crippen LogP contribution in [0.4, 0.5) is 5.69 Å². The highest BCUT2D eigenvalue weighted by atomic mass is 16.5. The number of hydrogen-bond acceptors (Lipinski definition) is 4. The van der Waals surface area contributed by atoms with Crippen molar-refractivity contribution in [1.29, 1.82) is 0 Å². The second-order valence-electron chi connectivity index (χ2n) is 6.90. The van der Waals surface area contributed by atoms with E-state index in [9.17, 15) is 14.4 Å². The van der Waals surface area contributed by atoms with Crippen LogP contribution in [-0.4, -0.2) is 42.4 Å². The third-order valence-corrected chi connectivity index (χ3v) is 4.55. The number of ether oxygens (including phenoxy) is 1. The predicted molar refractivity (Wildman–Crippen MR) is 108 cm³/mol. The van der Waals surface area contributed by atoms with Crippen LogP contribution in [-0.2, 0) is 14.3 Å². The summed E-state index contributed by atoms with van der Waals surface area (Å²) in [6.07, 6.45) is -0.996. The molecule has 0 spiro atoms. The molecule has 2 aromatic carbocycles. The molecule has 6 nitrogen and oxygen atoms in total. The number of carbonyl (C=O) groups excluding carboxylic acids is 3. The number of carbonyl (C=O) groups is 3. The number of rotatable bonds is 6. The van der Waals surface area contributed by atoms with E-state index in [-0.39, 0.29) is 12.5 Å². The summed E-state index contributed by atoms with van der Waals surface area (Å²) in [5.74, 6) is -1.33. The Morgan fingerprint density at radius 2 is 1.68 bits per heavy atom. The standard InChI is InChI=1S/C22H26N2O4/c1-14-9-11-18(12-10-14)23-20(25)13-24(5)21(26)17(4)28-22(27)19-8-6-7-15(2)16(19)3/h6-12,17H,13H2,1-5H3,(H,23,25)/t17-/m1/s1. The van der Waals surface area contributed by atoms with Crippen molar-refractivity contribution in [2.24, 2.45) is 0 Å². The van der Waals surface area contributed by atoms with Crippen molar-refractivity contribution in [3.05, 3.63) is 64.7 Å². The quantitative estimate of drug-likeness (QED) is 0.778. The van der Waals surface area contributed by atoms with E-state index < -0.39 is 18.0 Å². The Bertz CT molecular complexity index is 875. The van der Waals surface area contributed by atoms with Crippen LogP contribution in [0.3, 0.4) is 0 Å². The number of aryl methyl sites for hydroxylation is 2. The first-order chi connectivity index (χ1) is 13.2. The lowest BCUT2D eigenvalue weighted by atomic mass is 10.0. The smallest absolute Gasteiger partial charge is 0.339 e. The maximum atomic E-state index is 12.5. The van der Waals surface area contributed by atoms with E-state index in [0.29, 0.717) is 11.3 Å². The van der Waals surface area contributed by atoms with Gasteiger partial charge in [-0.2, -0.15) is 0 Å². The maximum absolute atomic E-state index is 12.5. The fourth-order valence-electron chi connectivity index (χ4n) is 2.69. The Morgan fingerprint density at radius 1 is 1.04 bits per heavy atom. The van der Waals surface area contributed by atoms with E-state index in [0.717, 1.165) is 16.7 Å². The van der Waals surface area contributed by atoms with Gasteiger partial charge in [-0.05, 0) is 57.0 Å². The van der Waals surface area contributed by atoms with E-state index in [2.05, 4.69) is 5.32 Å². The minimum absolute atomic E-state index is 0.141. The molecule has 0 fully saturated rings. The third kappa shape index (κ3) is 5.42. The Kier molecular flexibility index (Phi) is 6.93. The van der Waals surface area contributed by atoms with E-state index in [1.807, 2.05) is 39.0 Å². The molecule has 0 radical (unpaired) electrons. The van der Waals surface area contributed by atoms with Crippen molar-refractivity contribution >= 4 is 23.5 Å². The lowest BCUT2D eigenvalue weighted by Crippen LogP contribution is -2.41. The van der Waals surface area contributed by atoms with Crippen LogP contribution in [0.2, 0.25) is 0 Å². The van der Waals surface area contributed by atoms with Gasteiger partial charge in [0.2, 0.25) is 5.91 Å². The van der Waals surface area contributed by atoms with E-state index in [4.69, 9.17) is 4.74 Å². The Balaban J connectivity index is 1.92. The molecule has 1 atom stereocenters. The SMILES string of the molecule is Cc1ccc(NC(=O)CN(C)C(=O)[C@@H](C)OC(=O)c2cccc(C)c2C)cc1. The van der Waals surface area contributed by atoms with Crippen molar-refractivity contribution in [2.75, 3.05) is 18.9 Å². The molecule has 0 aliphatic rings. The summed E-state index contributed by atoms with van der Waals surface area (Å²) in [6.45, 7) is 7.05. The monoisotopic (exact) mass is 382 g/mol. The average molecular weight is 382 g/mol. The number of amides is 2. The van der Waals surface area contributed by atoms with Gasteiger partial charge in [-0.25, -0.2) is 4.79 Å². The molecular formula is C22H26N2O4. The molecule has 2 amide bonds. The number of likely N-dealkylation sites (N-methyl/N-ethyl adjacent to an activating group) is 1. The lowest BCUT2D eigenvalue weighted by molar-refractivity contribution is -0.140. The average Bonchev–Trinajstić information content (AvgIpc) is 2.64. The van der Waals surface area contributed by atoms with Crippen LogP contribution in [0.15, 0.2) is 42.5 Å². The Hall–Kier alpha value is -3.15. The van der Waals surface area contributed by atoms with Crippen molar-refractivity contribution in [3.63, 3.8) is 0 Å². The van der Waals surface area contributed by atoms with Crippen molar-refractivity contribution in [3.8, 4) is 0 Å². The minimum atomic E-state index is -0.996. The van der Waals surface area contributed by atoms with Crippen molar-refractivity contribution < 1.29 is 19.1 Å². The molecule has 0 aliphatic heterocycles. The summed E-state index contributed by atoms with van der Waals surface area (Å²) in [5, 5.41) is 2.73. The highest BCUT2D eigenvalue weighted by Gasteiger charge is 2.24. The van der Waals surface area contributed by atoms with Crippen LogP contribution in [0.25, 0.3) is 0 Å². The summed E-state index contributed by atoms with van der Waals surface area (Å²) in [7, 11) is 1.50. The molecule has 0 aliphatic carbocycles. The first kappa shape index (κ1) is 21.2. The summed E-state index contributed by atoms with van der Waals surface area (Å²) in [4.78, 5) is 38.2. The van der Waals surface area contributed by atoms with Crippen LogP contribution in [0, 0.1) is 20.8 Å². The number of benzene rings is 2. The summed E-state index contributed by atoms with van der Waals surface area (Å²) < 4.78 is 5.31. The molecule has 0 heterocycles. The zero-order valence-electron chi connectivity index (χ0n) is 16.9. The second-order valence-corrected chi connectivity index (χ2v) is 6.90. The largest absolute Gasteiger partial charge is 0.449 e. The Morgan fingerprint density at radius 3 is 2.32 bits per heavy atom. The zero-order valence-corrected chi connectivity index (χ0v) is 16.9. The molecule has 28 heavy (non-hydrogen) atoms. The van der Waals surface area contributed by atoms with Crippen LogP contribution >= 0.6 is 0 Å². The lowest BCUT2D eigenvalue weighted by Gasteiger charge is -2.21. The summed E-state index contributed by atoms with van der Waals surface area (Å²) >= 11 is 0. The second kappa shape index (κ2) is 9.17. The number of esters is 1. The molecule has 6 heteroatoms. The number of hydrogen-bond donors (Lipinski definition) is 1. The fraction of sp³-hybridized carbons (Fsp3) is 0.318. The minimum Gasteiger partial charge on any atom is -0.449 e. The molecule has 0 saturated heterocycles. The number of nitrogens with zero attached hydrogens (tertiary/aromatic N) is 1. The van der Waals surface area contributed by atoms with Crippen LogP contribution < -0.4 is 5.32 Å². The maximum Gasteiger partial charge on any atom is 0.339 e. The van der Waals surface area contributed by atoms with E-state index in [1.54, 1.807) is 24.3 Å². The van der Waals surface area contributed by atoms with Crippen LogP contribution in [0.5, 0.6) is 0 Å². The van der Waals surface area contributed by atoms with E-state index >= 15 is 0 Å². The first-order valence-corrected chi connectivity index (χ1v) is 9.07. The van der Waals surface area contributed by atoms with Gasteiger partial charge in [0.15, 0.2) is 6.10 Å². The van der Waals surface area contributed by atoms with Gasteiger partial charge in [0.05, 0.1) is 12.1 Å². The van der Waals surface area contributed by atoms with Gasteiger partial charge in [0, 0.05) is 12.7 Å².